The first-order valence-corrected chi connectivity index (χ1v) is 13.8. The molecule has 0 atom stereocenters. The van der Waals surface area contributed by atoms with E-state index in [2.05, 4.69) is 18.7 Å². The first kappa shape index (κ1) is 27.3. The number of rotatable bonds is 12. The predicted molar refractivity (Wildman–Crippen MR) is 147 cm³/mol. The van der Waals surface area contributed by atoms with Gasteiger partial charge in [0.1, 0.15) is 11.6 Å². The van der Waals surface area contributed by atoms with Gasteiger partial charge in [0.25, 0.3) is 11.8 Å². The molecule has 2 amide bonds. The Bertz CT molecular complexity index is 1170. The molecule has 6 nitrogen and oxygen atoms in total. The quantitative estimate of drug-likeness (QED) is 0.240. The van der Waals surface area contributed by atoms with Crippen LogP contribution in [0.2, 0.25) is 0 Å². The number of carbonyl (C=O) groups excluding carboxylic acids is 2. The number of benzene rings is 1. The van der Waals surface area contributed by atoms with Gasteiger partial charge >= 0.3 is 0 Å². The van der Waals surface area contributed by atoms with E-state index in [0.29, 0.717) is 24.1 Å². The fourth-order valence-electron chi connectivity index (χ4n) is 4.14. The summed E-state index contributed by atoms with van der Waals surface area (Å²) in [4.78, 5) is 35.8. The average Bonchev–Trinajstić information content (AvgIpc) is 3.31. The lowest BCUT2D eigenvalue weighted by molar-refractivity contribution is -0.140. The molecule has 0 fully saturated rings. The molecule has 0 saturated heterocycles. The number of nitriles is 1. The van der Waals surface area contributed by atoms with Crippen LogP contribution in [0.5, 0.6) is 0 Å². The molecule has 0 bridgehead atoms. The molecule has 0 spiro atoms. The van der Waals surface area contributed by atoms with Crippen LogP contribution in [0.1, 0.15) is 71.1 Å². The number of unbranched alkanes of at least 4 members (excludes halogenated alkanes) is 3. The van der Waals surface area contributed by atoms with Crippen LogP contribution in [0.3, 0.4) is 0 Å². The van der Waals surface area contributed by atoms with E-state index in [9.17, 15) is 14.9 Å². The van der Waals surface area contributed by atoms with Gasteiger partial charge in [0.15, 0.2) is 5.13 Å². The smallest absolute Gasteiger partial charge is 0.271 e. The molecule has 0 unspecified atom stereocenters. The maximum atomic E-state index is 13.5. The van der Waals surface area contributed by atoms with Crippen LogP contribution in [0.4, 0.5) is 5.13 Å². The normalized spacial score (nSPS) is 15.1. The van der Waals surface area contributed by atoms with E-state index >= 15 is 0 Å². The third-order valence-corrected chi connectivity index (χ3v) is 7.42. The lowest BCUT2D eigenvalue weighted by atomic mass is 9.94. The molecule has 0 saturated carbocycles. The van der Waals surface area contributed by atoms with Gasteiger partial charge in [-0.3, -0.25) is 14.5 Å². The molecule has 36 heavy (non-hydrogen) atoms. The summed E-state index contributed by atoms with van der Waals surface area (Å²) in [5, 5.41) is 10.6. The molecular weight excluding hydrogens is 468 g/mol. The third-order valence-electron chi connectivity index (χ3n) is 6.36. The summed E-state index contributed by atoms with van der Waals surface area (Å²) in [6.07, 6.45) is 7.76. The predicted octanol–water partition coefficient (Wildman–Crippen LogP) is 6.61. The Morgan fingerprint density at radius 3 is 2.22 bits per heavy atom. The van der Waals surface area contributed by atoms with Crippen molar-refractivity contribution in [3.05, 3.63) is 51.9 Å². The fraction of sp³-hybridized carbons (Fsp3) is 0.448. The van der Waals surface area contributed by atoms with E-state index in [4.69, 9.17) is 4.98 Å². The zero-order valence-electron chi connectivity index (χ0n) is 21.8. The molecule has 1 aliphatic rings. The van der Waals surface area contributed by atoms with Crippen molar-refractivity contribution < 1.29 is 9.59 Å². The molecule has 2 heterocycles. The minimum Gasteiger partial charge on any atom is -0.348 e. The number of aromatic nitrogens is 1. The lowest BCUT2D eigenvalue weighted by Gasteiger charge is -2.27. The number of anilines is 1. The number of imide groups is 1. The van der Waals surface area contributed by atoms with Crippen molar-refractivity contribution in [3.8, 4) is 17.3 Å². The zero-order valence-corrected chi connectivity index (χ0v) is 22.7. The molecule has 0 aliphatic carbocycles. The van der Waals surface area contributed by atoms with Crippen LogP contribution >= 0.6 is 11.3 Å². The van der Waals surface area contributed by atoms with Crippen LogP contribution in [0.15, 0.2) is 47.1 Å². The van der Waals surface area contributed by atoms with Crippen LogP contribution in [-0.2, 0) is 9.59 Å². The summed E-state index contributed by atoms with van der Waals surface area (Å²) in [7, 11) is 0. The van der Waals surface area contributed by atoms with E-state index in [1.165, 1.54) is 4.90 Å². The molecule has 0 N–H and O–H groups in total. The van der Waals surface area contributed by atoms with E-state index in [-0.39, 0.29) is 11.5 Å². The Morgan fingerprint density at radius 2 is 1.64 bits per heavy atom. The van der Waals surface area contributed by atoms with Crippen molar-refractivity contribution in [2.75, 3.05) is 24.5 Å². The molecule has 1 aliphatic heterocycles. The summed E-state index contributed by atoms with van der Waals surface area (Å²) in [5.41, 5.74) is 2.65. The van der Waals surface area contributed by atoms with Crippen LogP contribution in [0.25, 0.3) is 17.3 Å². The van der Waals surface area contributed by atoms with Crippen LogP contribution in [0, 0.1) is 11.3 Å². The van der Waals surface area contributed by atoms with Gasteiger partial charge in [-0.1, -0.05) is 81.7 Å². The minimum atomic E-state index is -0.496. The van der Waals surface area contributed by atoms with Crippen molar-refractivity contribution in [3.63, 3.8) is 0 Å². The van der Waals surface area contributed by atoms with Gasteiger partial charge < -0.3 is 4.90 Å². The summed E-state index contributed by atoms with van der Waals surface area (Å²) in [5.74, 6) is -0.836. The topological polar surface area (TPSA) is 77.3 Å². The van der Waals surface area contributed by atoms with Gasteiger partial charge in [-0.25, -0.2) is 4.98 Å². The van der Waals surface area contributed by atoms with E-state index in [0.717, 1.165) is 66.5 Å². The first-order valence-electron chi connectivity index (χ1n) is 13.0. The largest absolute Gasteiger partial charge is 0.348 e. The van der Waals surface area contributed by atoms with Crippen molar-refractivity contribution in [1.82, 2.24) is 9.88 Å². The van der Waals surface area contributed by atoms with Gasteiger partial charge in [-0.2, -0.15) is 5.26 Å². The molecule has 1 aromatic carbocycles. The molecule has 2 aromatic rings. The maximum absolute atomic E-state index is 13.5. The van der Waals surface area contributed by atoms with Gasteiger partial charge in [0.2, 0.25) is 0 Å². The highest BCUT2D eigenvalue weighted by atomic mass is 32.1. The Labute approximate surface area is 218 Å². The molecule has 3 rings (SSSR count). The van der Waals surface area contributed by atoms with Crippen LogP contribution < -0.4 is 4.90 Å². The second-order valence-corrected chi connectivity index (χ2v) is 10.1. The second-order valence-electron chi connectivity index (χ2n) is 9.05. The monoisotopic (exact) mass is 504 g/mol. The van der Waals surface area contributed by atoms with Crippen molar-refractivity contribution in [2.24, 2.45) is 0 Å². The highest BCUT2D eigenvalue weighted by Crippen LogP contribution is 2.37. The number of amides is 2. The lowest BCUT2D eigenvalue weighted by Crippen LogP contribution is -2.43. The summed E-state index contributed by atoms with van der Waals surface area (Å²) >= 11 is 1.57. The Kier molecular flexibility index (Phi) is 10.0. The summed E-state index contributed by atoms with van der Waals surface area (Å²) < 4.78 is 0. The fourth-order valence-corrected chi connectivity index (χ4v) is 5.22. The minimum absolute atomic E-state index is 0.0375. The molecule has 190 valence electrons. The van der Waals surface area contributed by atoms with Gasteiger partial charge in [-0.05, 0) is 37.8 Å². The van der Waals surface area contributed by atoms with E-state index in [1.807, 2.05) is 49.4 Å². The number of hydrogen-bond acceptors (Lipinski definition) is 6. The average molecular weight is 505 g/mol. The molecule has 1 aromatic heterocycles. The summed E-state index contributed by atoms with van der Waals surface area (Å²) in [6.45, 7) is 10.3. The third kappa shape index (κ3) is 6.11. The van der Waals surface area contributed by atoms with E-state index in [1.54, 1.807) is 18.3 Å². The summed E-state index contributed by atoms with van der Waals surface area (Å²) in [6, 6.07) is 12.0. The SMILES string of the molecule is CCCCN1C(=O)C(C#N)=C(C)/C(=C/c2sc(N(CCCC)CCCC)nc2-c2ccccc2)C1=O. The Hall–Kier alpha value is -3.24. The van der Waals surface area contributed by atoms with Gasteiger partial charge in [0, 0.05) is 30.8 Å². The van der Waals surface area contributed by atoms with Crippen molar-refractivity contribution in [2.45, 2.75) is 66.2 Å². The molecule has 7 heteroatoms. The van der Waals surface area contributed by atoms with Gasteiger partial charge in [-0.15, -0.1) is 0 Å². The highest BCUT2D eigenvalue weighted by Gasteiger charge is 2.35. The van der Waals surface area contributed by atoms with Crippen LogP contribution in [-0.4, -0.2) is 41.3 Å². The van der Waals surface area contributed by atoms with E-state index < -0.39 is 5.91 Å². The molecule has 0 radical (unpaired) electrons. The highest BCUT2D eigenvalue weighted by molar-refractivity contribution is 7.17. The number of carbonyl (C=O) groups is 2. The van der Waals surface area contributed by atoms with Crippen molar-refractivity contribution in [1.29, 1.82) is 5.26 Å². The Morgan fingerprint density at radius 1 is 1.00 bits per heavy atom. The second kappa shape index (κ2) is 13.2. The standard InChI is InChI=1S/C29H36N4O2S/c1-5-8-16-32(17-9-6-2)29-31-26(22-14-12-11-13-15-22)25(36-29)19-23-21(4)24(20-30)28(35)33(27(23)34)18-10-7-3/h11-15,19H,5-10,16-18H2,1-4H3/b23-19-. The Balaban J connectivity index is 2.15. The number of thiazole rings is 1. The maximum Gasteiger partial charge on any atom is 0.271 e. The zero-order chi connectivity index (χ0) is 26.1. The number of hydrogen-bond donors (Lipinski definition) is 0. The first-order chi connectivity index (χ1) is 17.5. The van der Waals surface area contributed by atoms with Gasteiger partial charge in [0.05, 0.1) is 10.6 Å². The number of nitrogens with zero attached hydrogens (tertiary/aromatic N) is 4. The molecular formula is C29H36N4O2S. The van der Waals surface area contributed by atoms with Crippen molar-refractivity contribution >= 4 is 34.4 Å².